The number of carbonyl (C=O) groups is 1. The maximum atomic E-state index is 10.3. The smallest absolute Gasteiger partial charge is 0.335 e. The highest BCUT2D eigenvalue weighted by Gasteiger charge is 2.24. The van der Waals surface area contributed by atoms with Gasteiger partial charge in [-0.05, 0) is 0 Å². The molecule has 0 saturated carbocycles. The van der Waals surface area contributed by atoms with Crippen molar-refractivity contribution in [2.75, 3.05) is 5.88 Å². The molecule has 50 valence electrons. The summed E-state index contributed by atoms with van der Waals surface area (Å²) in [5.74, 6) is -0.512. The Bertz CT molecular complexity index is 164. The maximum absolute atomic E-state index is 10.3. The van der Waals surface area contributed by atoms with Crippen LogP contribution >= 0.6 is 11.6 Å². The first kappa shape index (κ1) is 6.42. The average Bonchev–Trinajstić information content (AvgIpc) is 2.10. The molecule has 0 saturated heterocycles. The van der Waals surface area contributed by atoms with E-state index in [4.69, 9.17) is 16.7 Å². The molecule has 0 aromatic carbocycles. The molecule has 1 N–H and O–H groups in total. The molecule has 1 heterocycles. The Morgan fingerprint density at radius 1 is 1.89 bits per heavy atom. The number of carbonyl (C=O) groups excluding carboxylic acids is 1. The Hall–Kier alpha value is -0.700. The molecule has 4 heteroatoms. The summed E-state index contributed by atoms with van der Waals surface area (Å²) in [6, 6.07) is 0. The van der Waals surface area contributed by atoms with E-state index in [2.05, 4.69) is 4.74 Å². The SMILES string of the molecule is O=C1C=C(O)[C@@H](CCl)O1. The zero-order valence-electron chi connectivity index (χ0n) is 4.50. The quantitative estimate of drug-likeness (QED) is 0.437. The van der Waals surface area contributed by atoms with E-state index in [1.807, 2.05) is 0 Å². The maximum Gasteiger partial charge on any atom is 0.335 e. The van der Waals surface area contributed by atoms with E-state index in [9.17, 15) is 4.79 Å². The van der Waals surface area contributed by atoms with Crippen molar-refractivity contribution >= 4 is 17.6 Å². The van der Waals surface area contributed by atoms with E-state index < -0.39 is 12.1 Å². The van der Waals surface area contributed by atoms with Gasteiger partial charge in [0.2, 0.25) is 0 Å². The van der Waals surface area contributed by atoms with E-state index in [-0.39, 0.29) is 11.6 Å². The van der Waals surface area contributed by atoms with Crippen molar-refractivity contribution in [3.05, 3.63) is 11.8 Å². The zero-order chi connectivity index (χ0) is 6.85. The first-order valence-electron chi connectivity index (χ1n) is 2.41. The second-order valence-electron chi connectivity index (χ2n) is 1.65. The predicted octanol–water partition coefficient (Wildman–Crippen LogP) is 0.593. The number of aliphatic hydroxyl groups is 1. The Kier molecular flexibility index (Phi) is 1.62. The lowest BCUT2D eigenvalue weighted by Crippen LogP contribution is -2.12. The summed E-state index contributed by atoms with van der Waals surface area (Å²) >= 11 is 5.29. The van der Waals surface area contributed by atoms with Gasteiger partial charge < -0.3 is 9.84 Å². The molecule has 0 aromatic heterocycles. The monoisotopic (exact) mass is 148 g/mol. The van der Waals surface area contributed by atoms with Crippen molar-refractivity contribution in [1.82, 2.24) is 0 Å². The third kappa shape index (κ3) is 1.16. The van der Waals surface area contributed by atoms with Gasteiger partial charge in [-0.3, -0.25) is 0 Å². The summed E-state index contributed by atoms with van der Waals surface area (Å²) in [6.45, 7) is 0. The number of hydrogen-bond acceptors (Lipinski definition) is 3. The molecule has 0 aliphatic carbocycles. The van der Waals surface area contributed by atoms with Crippen LogP contribution in [0.25, 0.3) is 0 Å². The minimum Gasteiger partial charge on any atom is -0.508 e. The van der Waals surface area contributed by atoms with Crippen molar-refractivity contribution in [2.24, 2.45) is 0 Å². The lowest BCUT2D eigenvalue weighted by atomic mass is 10.3. The van der Waals surface area contributed by atoms with E-state index in [1.54, 1.807) is 0 Å². The molecule has 1 rings (SSSR count). The molecule has 0 unspecified atom stereocenters. The topological polar surface area (TPSA) is 46.5 Å². The van der Waals surface area contributed by atoms with Crippen LogP contribution in [0.4, 0.5) is 0 Å². The van der Waals surface area contributed by atoms with E-state index >= 15 is 0 Å². The van der Waals surface area contributed by atoms with Crippen LogP contribution in [0.15, 0.2) is 11.8 Å². The molecule has 1 aliphatic rings. The summed E-state index contributed by atoms with van der Waals surface area (Å²) in [5, 5.41) is 8.79. The standard InChI is InChI=1S/C5H5ClO3/c6-2-4-3(7)1-5(8)9-4/h1,4,7H,2H2/t4-/m1/s1. The second kappa shape index (κ2) is 2.27. The largest absolute Gasteiger partial charge is 0.508 e. The molecule has 0 aromatic rings. The van der Waals surface area contributed by atoms with Gasteiger partial charge in [0.1, 0.15) is 5.76 Å². The normalized spacial score (nSPS) is 25.7. The highest BCUT2D eigenvalue weighted by atomic mass is 35.5. The summed E-state index contributed by atoms with van der Waals surface area (Å²) in [5.41, 5.74) is 0. The zero-order valence-corrected chi connectivity index (χ0v) is 5.26. The third-order valence-corrected chi connectivity index (χ3v) is 1.27. The molecule has 3 nitrogen and oxygen atoms in total. The molecule has 0 radical (unpaired) electrons. The van der Waals surface area contributed by atoms with Crippen molar-refractivity contribution < 1.29 is 14.6 Å². The number of halogens is 1. The molecule has 0 amide bonds. The number of rotatable bonds is 1. The minimum atomic E-state index is -0.626. The summed E-state index contributed by atoms with van der Waals surface area (Å²) < 4.78 is 4.51. The molecule has 0 bridgehead atoms. The molecular weight excluding hydrogens is 144 g/mol. The van der Waals surface area contributed by atoms with Gasteiger partial charge in [0.05, 0.1) is 12.0 Å². The van der Waals surface area contributed by atoms with Crippen molar-refractivity contribution in [2.45, 2.75) is 6.10 Å². The molecule has 0 spiro atoms. The van der Waals surface area contributed by atoms with Crippen molar-refractivity contribution in [3.63, 3.8) is 0 Å². The highest BCUT2D eigenvalue weighted by Crippen LogP contribution is 2.13. The Morgan fingerprint density at radius 3 is 2.78 bits per heavy atom. The van der Waals surface area contributed by atoms with Crippen LogP contribution < -0.4 is 0 Å². The number of cyclic esters (lactones) is 1. The lowest BCUT2D eigenvalue weighted by Gasteiger charge is -2.03. The molecule has 9 heavy (non-hydrogen) atoms. The predicted molar refractivity (Wildman–Crippen MR) is 31.3 cm³/mol. The molecular formula is C5H5ClO3. The van der Waals surface area contributed by atoms with E-state index in [0.717, 1.165) is 6.08 Å². The number of alkyl halides is 1. The van der Waals surface area contributed by atoms with E-state index in [1.165, 1.54) is 0 Å². The number of esters is 1. The lowest BCUT2D eigenvalue weighted by molar-refractivity contribution is -0.138. The average molecular weight is 149 g/mol. The molecule has 1 atom stereocenters. The van der Waals surface area contributed by atoms with Gasteiger partial charge in [-0.15, -0.1) is 11.6 Å². The first-order chi connectivity index (χ1) is 4.24. The van der Waals surface area contributed by atoms with Gasteiger partial charge >= 0.3 is 5.97 Å². The summed E-state index contributed by atoms with van der Waals surface area (Å²) in [7, 11) is 0. The fraction of sp³-hybridized carbons (Fsp3) is 0.400. The van der Waals surface area contributed by atoms with Gasteiger partial charge in [0, 0.05) is 0 Å². The van der Waals surface area contributed by atoms with Crippen LogP contribution in [0.5, 0.6) is 0 Å². The van der Waals surface area contributed by atoms with Crippen LogP contribution in [0.3, 0.4) is 0 Å². The highest BCUT2D eigenvalue weighted by molar-refractivity contribution is 6.18. The second-order valence-corrected chi connectivity index (χ2v) is 1.96. The summed E-state index contributed by atoms with van der Waals surface area (Å²) in [6.07, 6.45) is 0.395. The first-order valence-corrected chi connectivity index (χ1v) is 2.94. The Labute approximate surface area is 56.9 Å². The summed E-state index contributed by atoms with van der Waals surface area (Å²) in [4.78, 5) is 10.3. The molecule has 1 aliphatic heterocycles. The van der Waals surface area contributed by atoms with Gasteiger partial charge in [0.15, 0.2) is 6.10 Å². The molecule has 0 fully saturated rings. The Balaban J connectivity index is 2.64. The van der Waals surface area contributed by atoms with Crippen LogP contribution in [0, 0.1) is 0 Å². The fourth-order valence-corrected chi connectivity index (χ4v) is 0.780. The number of aliphatic hydroxyl groups excluding tert-OH is 1. The van der Waals surface area contributed by atoms with Crippen LogP contribution in [0.2, 0.25) is 0 Å². The van der Waals surface area contributed by atoms with Gasteiger partial charge in [-0.2, -0.15) is 0 Å². The minimum absolute atomic E-state index is 0.0880. The van der Waals surface area contributed by atoms with Crippen LogP contribution in [-0.2, 0) is 9.53 Å². The van der Waals surface area contributed by atoms with Gasteiger partial charge in [-0.25, -0.2) is 4.79 Å². The van der Waals surface area contributed by atoms with Crippen LogP contribution in [0.1, 0.15) is 0 Å². The van der Waals surface area contributed by atoms with Crippen molar-refractivity contribution in [1.29, 1.82) is 0 Å². The van der Waals surface area contributed by atoms with Crippen molar-refractivity contribution in [3.8, 4) is 0 Å². The number of hydrogen-bond donors (Lipinski definition) is 1. The van der Waals surface area contributed by atoms with Gasteiger partial charge in [0.25, 0.3) is 0 Å². The number of ether oxygens (including phenoxy) is 1. The third-order valence-electron chi connectivity index (χ3n) is 0.994. The Morgan fingerprint density at radius 2 is 2.56 bits per heavy atom. The van der Waals surface area contributed by atoms with E-state index in [0.29, 0.717) is 0 Å². The van der Waals surface area contributed by atoms with Crippen LogP contribution in [-0.4, -0.2) is 23.1 Å². The fourth-order valence-electron chi connectivity index (χ4n) is 0.559. The van der Waals surface area contributed by atoms with Gasteiger partial charge in [-0.1, -0.05) is 0 Å².